The molecule has 3 heterocycles. The molecule has 1 unspecified atom stereocenters. The van der Waals surface area contributed by atoms with E-state index in [-0.39, 0.29) is 11.9 Å². The minimum absolute atomic E-state index is 0.00287. The third-order valence-corrected chi connectivity index (χ3v) is 4.94. The Bertz CT molecular complexity index is 784. The average molecular weight is 327 g/mol. The minimum atomic E-state index is 0.00287. The summed E-state index contributed by atoms with van der Waals surface area (Å²) >= 11 is 0. The Hall–Kier alpha value is -2.50. The highest BCUT2D eigenvalue weighted by Gasteiger charge is 2.34. The molecule has 2 aliphatic heterocycles. The molecule has 2 aromatic rings. The van der Waals surface area contributed by atoms with Crippen molar-refractivity contribution in [3.05, 3.63) is 41.2 Å². The SMILES string of the molecule is Cc1c(C2CCCN2C(=O)c2cccc3c2OCCO3)cnn1C. The first-order chi connectivity index (χ1) is 11.7. The van der Waals surface area contributed by atoms with Crippen molar-refractivity contribution < 1.29 is 14.3 Å². The van der Waals surface area contributed by atoms with Crippen molar-refractivity contribution in [1.29, 1.82) is 0 Å². The smallest absolute Gasteiger partial charge is 0.258 e. The van der Waals surface area contributed by atoms with Gasteiger partial charge in [-0.3, -0.25) is 9.48 Å². The summed E-state index contributed by atoms with van der Waals surface area (Å²) in [6.45, 7) is 3.79. The summed E-state index contributed by atoms with van der Waals surface area (Å²) in [5.41, 5.74) is 2.82. The molecule has 0 saturated carbocycles. The molecule has 1 aromatic heterocycles. The second-order valence-electron chi connectivity index (χ2n) is 6.30. The molecule has 0 radical (unpaired) electrons. The third-order valence-electron chi connectivity index (χ3n) is 4.94. The Balaban J connectivity index is 1.68. The van der Waals surface area contributed by atoms with Crippen molar-refractivity contribution in [2.75, 3.05) is 19.8 Å². The molecule has 0 bridgehead atoms. The van der Waals surface area contributed by atoms with Crippen LogP contribution in [0.3, 0.4) is 0 Å². The molecular weight excluding hydrogens is 306 g/mol. The monoisotopic (exact) mass is 327 g/mol. The predicted molar refractivity (Wildman–Crippen MR) is 88.4 cm³/mol. The van der Waals surface area contributed by atoms with E-state index in [9.17, 15) is 4.79 Å². The zero-order valence-electron chi connectivity index (χ0n) is 14.0. The zero-order valence-corrected chi connectivity index (χ0v) is 14.0. The molecule has 6 nitrogen and oxygen atoms in total. The Kier molecular flexibility index (Phi) is 3.67. The lowest BCUT2D eigenvalue weighted by molar-refractivity contribution is 0.0725. The highest BCUT2D eigenvalue weighted by molar-refractivity contribution is 5.98. The number of hydrogen-bond acceptors (Lipinski definition) is 4. The van der Waals surface area contributed by atoms with Gasteiger partial charge in [0.1, 0.15) is 13.2 Å². The number of carbonyl (C=O) groups excluding carboxylic acids is 1. The van der Waals surface area contributed by atoms with E-state index in [1.165, 1.54) is 0 Å². The lowest BCUT2D eigenvalue weighted by atomic mass is 10.0. The van der Waals surface area contributed by atoms with Crippen LogP contribution >= 0.6 is 0 Å². The molecule has 1 saturated heterocycles. The third kappa shape index (κ3) is 2.33. The summed E-state index contributed by atoms with van der Waals surface area (Å²) in [6, 6.07) is 5.59. The second-order valence-corrected chi connectivity index (χ2v) is 6.30. The summed E-state index contributed by atoms with van der Waals surface area (Å²) in [5.74, 6) is 1.23. The minimum Gasteiger partial charge on any atom is -0.486 e. The van der Waals surface area contributed by atoms with Crippen LogP contribution in [0.1, 0.15) is 40.5 Å². The maximum Gasteiger partial charge on any atom is 0.258 e. The number of fused-ring (bicyclic) bond motifs is 1. The highest BCUT2D eigenvalue weighted by atomic mass is 16.6. The number of aryl methyl sites for hydroxylation is 1. The number of benzene rings is 1. The summed E-state index contributed by atoms with van der Waals surface area (Å²) in [5, 5.41) is 4.33. The molecule has 6 heteroatoms. The summed E-state index contributed by atoms with van der Waals surface area (Å²) in [4.78, 5) is 15.1. The standard InChI is InChI=1S/C18H21N3O3/c1-12-14(11-19-20(12)2)15-6-4-8-21(15)18(22)13-5-3-7-16-17(13)24-10-9-23-16/h3,5,7,11,15H,4,6,8-10H2,1-2H3. The largest absolute Gasteiger partial charge is 0.486 e. The first kappa shape index (κ1) is 15.1. The van der Waals surface area contributed by atoms with Gasteiger partial charge in [-0.15, -0.1) is 0 Å². The maximum absolute atomic E-state index is 13.2. The summed E-state index contributed by atoms with van der Waals surface area (Å²) < 4.78 is 13.2. The van der Waals surface area contributed by atoms with E-state index in [2.05, 4.69) is 5.10 Å². The number of rotatable bonds is 2. The fourth-order valence-corrected chi connectivity index (χ4v) is 3.57. The molecule has 0 aliphatic carbocycles. The summed E-state index contributed by atoms with van der Waals surface area (Å²) in [6.07, 6.45) is 3.84. The number of para-hydroxylation sites is 1. The van der Waals surface area contributed by atoms with Crippen molar-refractivity contribution >= 4 is 5.91 Å². The number of hydrogen-bond donors (Lipinski definition) is 0. The Morgan fingerprint density at radius 3 is 2.92 bits per heavy atom. The van der Waals surface area contributed by atoms with Gasteiger partial charge in [-0.25, -0.2) is 0 Å². The predicted octanol–water partition coefficient (Wildman–Crippen LogP) is 2.48. The average Bonchev–Trinajstić information content (AvgIpc) is 3.21. The highest BCUT2D eigenvalue weighted by Crippen LogP contribution is 2.39. The fourth-order valence-electron chi connectivity index (χ4n) is 3.57. The molecule has 24 heavy (non-hydrogen) atoms. The van der Waals surface area contributed by atoms with E-state index in [0.717, 1.165) is 30.6 Å². The Morgan fingerprint density at radius 1 is 1.29 bits per heavy atom. The molecule has 0 spiro atoms. The van der Waals surface area contributed by atoms with Gasteiger partial charge in [0.2, 0.25) is 0 Å². The van der Waals surface area contributed by atoms with Gasteiger partial charge in [-0.05, 0) is 31.9 Å². The molecular formula is C18H21N3O3. The number of aromatic nitrogens is 2. The maximum atomic E-state index is 13.2. The van der Waals surface area contributed by atoms with Crippen LogP contribution in [0.4, 0.5) is 0 Å². The first-order valence-electron chi connectivity index (χ1n) is 8.35. The molecule has 2 aliphatic rings. The molecule has 1 fully saturated rings. The summed E-state index contributed by atoms with van der Waals surface area (Å²) in [7, 11) is 1.93. The van der Waals surface area contributed by atoms with Crippen LogP contribution in [0.15, 0.2) is 24.4 Å². The van der Waals surface area contributed by atoms with E-state index in [1.54, 1.807) is 0 Å². The van der Waals surface area contributed by atoms with Gasteiger partial charge in [0.05, 0.1) is 17.8 Å². The number of amides is 1. The van der Waals surface area contributed by atoms with Crippen LogP contribution < -0.4 is 9.47 Å². The van der Waals surface area contributed by atoms with Crippen LogP contribution in [-0.2, 0) is 7.05 Å². The van der Waals surface area contributed by atoms with Gasteiger partial charge in [-0.2, -0.15) is 5.10 Å². The van der Waals surface area contributed by atoms with Crippen molar-refractivity contribution in [1.82, 2.24) is 14.7 Å². The van der Waals surface area contributed by atoms with Crippen LogP contribution in [-0.4, -0.2) is 40.3 Å². The molecule has 0 N–H and O–H groups in total. The van der Waals surface area contributed by atoms with Gasteiger partial charge < -0.3 is 14.4 Å². The van der Waals surface area contributed by atoms with Crippen molar-refractivity contribution in [2.24, 2.45) is 7.05 Å². The molecule has 4 rings (SSSR count). The lowest BCUT2D eigenvalue weighted by Gasteiger charge is -2.27. The van der Waals surface area contributed by atoms with E-state index in [4.69, 9.17) is 9.47 Å². The first-order valence-corrected chi connectivity index (χ1v) is 8.35. The number of likely N-dealkylation sites (tertiary alicyclic amines) is 1. The van der Waals surface area contributed by atoms with Crippen molar-refractivity contribution in [3.63, 3.8) is 0 Å². The fraction of sp³-hybridized carbons (Fsp3) is 0.444. The van der Waals surface area contributed by atoms with E-state index in [1.807, 2.05) is 47.9 Å². The Morgan fingerprint density at radius 2 is 2.12 bits per heavy atom. The molecule has 126 valence electrons. The number of nitrogens with zero attached hydrogens (tertiary/aromatic N) is 3. The van der Waals surface area contributed by atoms with E-state index in [0.29, 0.717) is 30.3 Å². The van der Waals surface area contributed by atoms with Gasteiger partial charge in [0.25, 0.3) is 5.91 Å². The van der Waals surface area contributed by atoms with E-state index >= 15 is 0 Å². The topological polar surface area (TPSA) is 56.6 Å². The lowest BCUT2D eigenvalue weighted by Crippen LogP contribution is -2.31. The second kappa shape index (κ2) is 5.85. The number of carbonyl (C=O) groups is 1. The van der Waals surface area contributed by atoms with Crippen LogP contribution in [0.5, 0.6) is 11.5 Å². The van der Waals surface area contributed by atoms with Crippen molar-refractivity contribution in [2.45, 2.75) is 25.8 Å². The molecule has 1 atom stereocenters. The molecule has 1 aromatic carbocycles. The zero-order chi connectivity index (χ0) is 16.7. The van der Waals surface area contributed by atoms with Gasteiger partial charge >= 0.3 is 0 Å². The molecule has 1 amide bonds. The van der Waals surface area contributed by atoms with Gasteiger partial charge in [-0.1, -0.05) is 6.07 Å². The van der Waals surface area contributed by atoms with Crippen LogP contribution in [0.2, 0.25) is 0 Å². The number of ether oxygens (including phenoxy) is 2. The normalized spacial score (nSPS) is 19.6. The van der Waals surface area contributed by atoms with Gasteiger partial charge in [0, 0.05) is 24.8 Å². The van der Waals surface area contributed by atoms with E-state index < -0.39 is 0 Å². The van der Waals surface area contributed by atoms with Crippen LogP contribution in [0, 0.1) is 6.92 Å². The van der Waals surface area contributed by atoms with Crippen molar-refractivity contribution in [3.8, 4) is 11.5 Å². The Labute approximate surface area is 141 Å². The van der Waals surface area contributed by atoms with Gasteiger partial charge in [0.15, 0.2) is 11.5 Å². The quantitative estimate of drug-likeness (QED) is 0.850. The van der Waals surface area contributed by atoms with Crippen LogP contribution in [0.25, 0.3) is 0 Å².